The molecule has 6 nitrogen and oxygen atoms in total. The van der Waals surface area contributed by atoms with E-state index in [1.807, 2.05) is 0 Å². The molecule has 0 rings (SSSR count). The van der Waals surface area contributed by atoms with Gasteiger partial charge in [-0.1, -0.05) is 96.8 Å². The molecule has 150 valence electrons. The van der Waals surface area contributed by atoms with E-state index in [9.17, 15) is 9.36 Å². The van der Waals surface area contributed by atoms with E-state index in [1.165, 1.54) is 64.2 Å². The number of hydrogen-bond acceptors (Lipinski definition) is 3. The van der Waals surface area contributed by atoms with Gasteiger partial charge in [0.15, 0.2) is 0 Å². The Hall–Kier alpha value is -0.420. The summed E-state index contributed by atoms with van der Waals surface area (Å²) in [6.45, 7) is 2.24. The number of amides is 1. The fourth-order valence-corrected chi connectivity index (χ4v) is 3.48. The van der Waals surface area contributed by atoms with Gasteiger partial charge in [-0.05, 0) is 6.42 Å². The van der Waals surface area contributed by atoms with E-state index in [1.54, 1.807) is 0 Å². The summed E-state index contributed by atoms with van der Waals surface area (Å²) >= 11 is 0. The first kappa shape index (κ1) is 24.6. The normalized spacial score (nSPS) is 13.1. The molecule has 0 saturated heterocycles. The lowest BCUT2D eigenvalue weighted by molar-refractivity contribution is -0.125. The summed E-state index contributed by atoms with van der Waals surface area (Å²) in [6, 6.07) is 0. The Labute approximate surface area is 153 Å². The molecule has 1 atom stereocenters. The van der Waals surface area contributed by atoms with Gasteiger partial charge in [0, 0.05) is 0 Å². The Bertz CT molecular complexity index is 372. The number of carbonyl (C=O) groups excluding carboxylic acids is 1. The average Bonchev–Trinajstić information content (AvgIpc) is 2.52. The summed E-state index contributed by atoms with van der Waals surface area (Å²) in [4.78, 5) is 28.6. The van der Waals surface area contributed by atoms with Gasteiger partial charge in [0.2, 0.25) is 5.91 Å². The Morgan fingerprint density at radius 2 is 1.20 bits per heavy atom. The second-order valence-corrected chi connectivity index (χ2v) is 8.06. The molecule has 1 unspecified atom stereocenters. The lowest BCUT2D eigenvalue weighted by Gasteiger charge is -2.14. The zero-order chi connectivity index (χ0) is 19.0. The monoisotopic (exact) mass is 379 g/mol. The topological polar surface area (TPSA) is 110 Å². The zero-order valence-corrected chi connectivity index (χ0v) is 16.7. The van der Waals surface area contributed by atoms with Crippen LogP contribution in [0.3, 0.4) is 0 Å². The lowest BCUT2D eigenvalue weighted by atomic mass is 10.0. The van der Waals surface area contributed by atoms with Gasteiger partial charge >= 0.3 is 7.82 Å². The first-order chi connectivity index (χ1) is 11.9. The minimum Gasteiger partial charge on any atom is -0.367 e. The van der Waals surface area contributed by atoms with E-state index in [2.05, 4.69) is 11.4 Å². The fourth-order valence-electron chi connectivity index (χ4n) is 2.94. The molecule has 0 spiro atoms. The van der Waals surface area contributed by atoms with Gasteiger partial charge in [-0.25, -0.2) is 4.57 Å². The van der Waals surface area contributed by atoms with Gasteiger partial charge in [-0.3, -0.25) is 9.32 Å². The smallest absolute Gasteiger partial charge is 0.367 e. The molecule has 0 aromatic carbocycles. The maximum atomic E-state index is 11.1. The molecule has 0 bridgehead atoms. The number of hydrogen-bond donors (Lipinski definition) is 3. The Balaban J connectivity index is 3.40. The van der Waals surface area contributed by atoms with Crippen LogP contribution in [0.5, 0.6) is 0 Å². The summed E-state index contributed by atoms with van der Waals surface area (Å²) in [6.07, 6.45) is 16.2. The second kappa shape index (κ2) is 15.8. The van der Waals surface area contributed by atoms with E-state index in [0.29, 0.717) is 6.42 Å². The highest BCUT2D eigenvalue weighted by atomic mass is 31.2. The van der Waals surface area contributed by atoms with Gasteiger partial charge in [0.1, 0.15) is 6.10 Å². The van der Waals surface area contributed by atoms with Gasteiger partial charge in [-0.15, -0.1) is 0 Å². The Kier molecular flexibility index (Phi) is 15.5. The molecule has 0 aliphatic carbocycles. The van der Waals surface area contributed by atoms with Crippen molar-refractivity contribution in [2.75, 3.05) is 0 Å². The molecule has 1 amide bonds. The van der Waals surface area contributed by atoms with Gasteiger partial charge in [0.25, 0.3) is 0 Å². The van der Waals surface area contributed by atoms with Crippen molar-refractivity contribution in [2.45, 2.75) is 109 Å². The predicted molar refractivity (Wildman–Crippen MR) is 101 cm³/mol. The third-order valence-corrected chi connectivity index (χ3v) is 4.93. The standard InChI is InChI=1S/C18H38NO5P/c1-2-3-4-5-6-7-8-9-10-11-12-13-14-15-16-17(18(19)20)24-25(21,22)23/h17H,2-16H2,1H3,(H2,19,20)(H2,21,22,23). The molecule has 0 aromatic rings. The highest BCUT2D eigenvalue weighted by Gasteiger charge is 2.25. The highest BCUT2D eigenvalue weighted by Crippen LogP contribution is 2.38. The van der Waals surface area contributed by atoms with Crippen molar-refractivity contribution in [1.29, 1.82) is 0 Å². The number of phosphoric acid groups is 1. The summed E-state index contributed by atoms with van der Waals surface area (Å²) in [7, 11) is -4.66. The third kappa shape index (κ3) is 18.2. The quantitative estimate of drug-likeness (QED) is 0.234. The van der Waals surface area contributed by atoms with Crippen LogP contribution in [-0.2, 0) is 13.9 Å². The van der Waals surface area contributed by atoms with Crippen LogP contribution in [0.15, 0.2) is 0 Å². The summed E-state index contributed by atoms with van der Waals surface area (Å²) in [5, 5.41) is 0. The minimum absolute atomic E-state index is 0.262. The molecule has 0 aliphatic heterocycles. The summed E-state index contributed by atoms with van der Waals surface area (Å²) in [5.41, 5.74) is 5.09. The van der Waals surface area contributed by atoms with Crippen LogP contribution in [0.25, 0.3) is 0 Å². The van der Waals surface area contributed by atoms with Crippen molar-refractivity contribution in [3.05, 3.63) is 0 Å². The summed E-state index contributed by atoms with van der Waals surface area (Å²) in [5.74, 6) is -0.821. The van der Waals surface area contributed by atoms with Crippen molar-refractivity contribution in [3.63, 3.8) is 0 Å². The van der Waals surface area contributed by atoms with E-state index in [4.69, 9.17) is 15.5 Å². The molecule has 0 radical (unpaired) electrons. The van der Waals surface area contributed by atoms with Crippen LogP contribution >= 0.6 is 7.82 Å². The maximum Gasteiger partial charge on any atom is 0.470 e. The minimum atomic E-state index is -4.66. The Morgan fingerprint density at radius 1 is 0.840 bits per heavy atom. The SMILES string of the molecule is CCCCCCCCCCCCCCCCC(OP(=O)(O)O)C(N)=O. The van der Waals surface area contributed by atoms with Gasteiger partial charge in [0.05, 0.1) is 0 Å². The molecule has 0 fully saturated rings. The van der Waals surface area contributed by atoms with E-state index in [0.717, 1.165) is 19.3 Å². The molecular formula is C18H38NO5P. The van der Waals surface area contributed by atoms with Crippen LogP contribution in [0, 0.1) is 0 Å². The maximum absolute atomic E-state index is 11.1. The first-order valence-corrected chi connectivity index (χ1v) is 11.4. The average molecular weight is 379 g/mol. The van der Waals surface area contributed by atoms with Crippen molar-refractivity contribution in [3.8, 4) is 0 Å². The van der Waals surface area contributed by atoms with Crippen molar-refractivity contribution in [2.24, 2.45) is 5.73 Å². The number of phosphoric ester groups is 1. The van der Waals surface area contributed by atoms with Crippen LogP contribution in [-0.4, -0.2) is 21.8 Å². The van der Waals surface area contributed by atoms with E-state index in [-0.39, 0.29) is 6.42 Å². The molecule has 0 aliphatic rings. The largest absolute Gasteiger partial charge is 0.470 e. The number of primary amides is 1. The molecule has 0 heterocycles. The van der Waals surface area contributed by atoms with Crippen LogP contribution in [0.1, 0.15) is 103 Å². The van der Waals surface area contributed by atoms with Crippen LogP contribution in [0.4, 0.5) is 0 Å². The molecule has 0 saturated carbocycles. The zero-order valence-electron chi connectivity index (χ0n) is 15.8. The van der Waals surface area contributed by atoms with Gasteiger partial charge < -0.3 is 15.5 Å². The number of carbonyl (C=O) groups is 1. The third-order valence-electron chi connectivity index (χ3n) is 4.40. The molecule has 25 heavy (non-hydrogen) atoms. The second-order valence-electron chi connectivity index (χ2n) is 6.87. The molecule has 4 N–H and O–H groups in total. The Morgan fingerprint density at radius 3 is 1.52 bits per heavy atom. The highest BCUT2D eigenvalue weighted by molar-refractivity contribution is 7.46. The predicted octanol–water partition coefficient (Wildman–Crippen LogP) is 4.82. The summed E-state index contributed by atoms with van der Waals surface area (Å²) < 4.78 is 15.2. The number of unbranched alkanes of at least 4 members (excludes halogenated alkanes) is 13. The van der Waals surface area contributed by atoms with Crippen LogP contribution < -0.4 is 5.73 Å². The van der Waals surface area contributed by atoms with Crippen molar-refractivity contribution in [1.82, 2.24) is 0 Å². The van der Waals surface area contributed by atoms with Crippen molar-refractivity contribution < 1.29 is 23.7 Å². The molecule has 7 heteroatoms. The number of nitrogens with two attached hydrogens (primary N) is 1. The molecule has 0 aromatic heterocycles. The lowest BCUT2D eigenvalue weighted by Crippen LogP contribution is -2.30. The molecular weight excluding hydrogens is 341 g/mol. The number of rotatable bonds is 18. The fraction of sp³-hybridized carbons (Fsp3) is 0.944. The van der Waals surface area contributed by atoms with Gasteiger partial charge in [-0.2, -0.15) is 0 Å². The van der Waals surface area contributed by atoms with E-state index < -0.39 is 19.8 Å². The van der Waals surface area contributed by atoms with Crippen LogP contribution in [0.2, 0.25) is 0 Å². The first-order valence-electron chi connectivity index (χ1n) is 9.90. The van der Waals surface area contributed by atoms with Crippen molar-refractivity contribution >= 4 is 13.7 Å². The van der Waals surface area contributed by atoms with E-state index >= 15 is 0 Å².